The second-order valence-corrected chi connectivity index (χ2v) is 7.03. The number of carbonyl (C=O) groups excluding carboxylic acids is 2. The monoisotopic (exact) mass is 405 g/mol. The molecule has 0 unspecified atom stereocenters. The van der Waals surface area contributed by atoms with Crippen LogP contribution in [0, 0.1) is 12.7 Å². The van der Waals surface area contributed by atoms with Gasteiger partial charge in [-0.2, -0.15) is 0 Å². The van der Waals surface area contributed by atoms with E-state index in [0.29, 0.717) is 25.2 Å². The van der Waals surface area contributed by atoms with Gasteiger partial charge in [-0.15, -0.1) is 0 Å². The Morgan fingerprint density at radius 1 is 0.733 bits per heavy atom. The molecule has 0 aliphatic heterocycles. The summed E-state index contributed by atoms with van der Waals surface area (Å²) in [6.45, 7) is 3.02. The zero-order chi connectivity index (χ0) is 21.3. The van der Waals surface area contributed by atoms with Gasteiger partial charge in [0.15, 0.2) is 0 Å². The number of hydrogen-bond donors (Lipinski definition) is 3. The fourth-order valence-electron chi connectivity index (χ4n) is 2.95. The van der Waals surface area contributed by atoms with E-state index in [4.69, 9.17) is 0 Å². The number of amides is 3. The summed E-state index contributed by atoms with van der Waals surface area (Å²) in [4.78, 5) is 24.3. The van der Waals surface area contributed by atoms with Crippen molar-refractivity contribution in [2.24, 2.45) is 0 Å². The lowest BCUT2D eigenvalue weighted by atomic mass is 10.1. The predicted molar refractivity (Wildman–Crippen MR) is 114 cm³/mol. The SMILES string of the molecule is Cc1cccc(C(=O)NCc2cccc(CNC(=O)NCc3ccc(F)cc3)c2)c1. The number of nitrogens with one attached hydrogen (secondary N) is 3. The van der Waals surface area contributed by atoms with E-state index in [2.05, 4.69) is 16.0 Å². The van der Waals surface area contributed by atoms with Crippen LogP contribution in [0.25, 0.3) is 0 Å². The van der Waals surface area contributed by atoms with Crippen molar-refractivity contribution in [1.29, 1.82) is 0 Å². The predicted octanol–water partition coefficient (Wildman–Crippen LogP) is 4.06. The molecule has 154 valence electrons. The first-order valence-electron chi connectivity index (χ1n) is 9.68. The minimum atomic E-state index is -0.308. The van der Waals surface area contributed by atoms with Crippen LogP contribution in [-0.2, 0) is 19.6 Å². The molecule has 0 aromatic heterocycles. The molecule has 3 aromatic rings. The molecule has 3 amide bonds. The molecule has 6 heteroatoms. The van der Waals surface area contributed by atoms with Gasteiger partial charge in [-0.25, -0.2) is 9.18 Å². The minimum absolute atomic E-state index is 0.123. The zero-order valence-corrected chi connectivity index (χ0v) is 16.7. The number of halogens is 1. The number of hydrogen-bond acceptors (Lipinski definition) is 2. The van der Waals surface area contributed by atoms with E-state index in [0.717, 1.165) is 22.3 Å². The molecule has 0 atom stereocenters. The van der Waals surface area contributed by atoms with Gasteiger partial charge in [0.2, 0.25) is 0 Å². The van der Waals surface area contributed by atoms with Crippen LogP contribution in [0.5, 0.6) is 0 Å². The summed E-state index contributed by atoms with van der Waals surface area (Å²) in [6.07, 6.45) is 0. The van der Waals surface area contributed by atoms with Gasteiger partial charge in [-0.1, -0.05) is 54.1 Å². The van der Waals surface area contributed by atoms with E-state index in [9.17, 15) is 14.0 Å². The number of benzene rings is 3. The molecule has 0 heterocycles. The molecule has 0 saturated heterocycles. The lowest BCUT2D eigenvalue weighted by Gasteiger charge is -2.10. The Morgan fingerprint density at radius 2 is 1.33 bits per heavy atom. The molecule has 3 aromatic carbocycles. The Morgan fingerprint density at radius 3 is 2.00 bits per heavy atom. The molecule has 30 heavy (non-hydrogen) atoms. The van der Waals surface area contributed by atoms with E-state index in [1.165, 1.54) is 12.1 Å². The highest BCUT2D eigenvalue weighted by Gasteiger charge is 2.06. The van der Waals surface area contributed by atoms with E-state index in [-0.39, 0.29) is 17.8 Å². The van der Waals surface area contributed by atoms with Crippen LogP contribution in [0.15, 0.2) is 72.8 Å². The largest absolute Gasteiger partial charge is 0.348 e. The molecule has 0 aliphatic rings. The van der Waals surface area contributed by atoms with Crippen LogP contribution in [-0.4, -0.2) is 11.9 Å². The lowest BCUT2D eigenvalue weighted by Crippen LogP contribution is -2.34. The van der Waals surface area contributed by atoms with Gasteiger partial charge in [0.25, 0.3) is 5.91 Å². The summed E-state index contributed by atoms with van der Waals surface area (Å²) in [5.74, 6) is -0.430. The standard InChI is InChI=1S/C24H24FN3O2/c1-17-4-2-7-21(12-17)23(29)26-15-19-5-3-6-20(13-19)16-28-24(30)27-14-18-8-10-22(25)11-9-18/h2-13H,14-16H2,1H3,(H,26,29)(H2,27,28,30). The average Bonchev–Trinajstić information content (AvgIpc) is 2.76. The van der Waals surface area contributed by atoms with E-state index >= 15 is 0 Å². The maximum Gasteiger partial charge on any atom is 0.315 e. The van der Waals surface area contributed by atoms with Gasteiger partial charge < -0.3 is 16.0 Å². The third kappa shape index (κ3) is 6.44. The molecule has 0 spiro atoms. The Labute approximate surface area is 175 Å². The summed E-state index contributed by atoms with van der Waals surface area (Å²) >= 11 is 0. The van der Waals surface area contributed by atoms with Gasteiger partial charge in [0.05, 0.1) is 0 Å². The highest BCUT2D eigenvalue weighted by Crippen LogP contribution is 2.07. The molecule has 3 rings (SSSR count). The Balaban J connectivity index is 1.46. The van der Waals surface area contributed by atoms with Gasteiger partial charge >= 0.3 is 6.03 Å². The van der Waals surface area contributed by atoms with Gasteiger partial charge in [0, 0.05) is 25.2 Å². The average molecular weight is 405 g/mol. The number of rotatable bonds is 7. The Kier molecular flexibility index (Phi) is 7.16. The highest BCUT2D eigenvalue weighted by molar-refractivity contribution is 5.94. The molecular formula is C24H24FN3O2. The molecule has 0 aliphatic carbocycles. The van der Waals surface area contributed by atoms with Crippen LogP contribution in [0.2, 0.25) is 0 Å². The fraction of sp³-hybridized carbons (Fsp3) is 0.167. The van der Waals surface area contributed by atoms with Crippen molar-refractivity contribution in [3.63, 3.8) is 0 Å². The molecule has 3 N–H and O–H groups in total. The van der Waals surface area contributed by atoms with Gasteiger partial charge in [-0.05, 0) is 47.9 Å². The van der Waals surface area contributed by atoms with E-state index in [1.807, 2.05) is 49.4 Å². The summed E-state index contributed by atoms with van der Waals surface area (Å²) in [5.41, 5.74) is 4.35. The van der Waals surface area contributed by atoms with Crippen LogP contribution >= 0.6 is 0 Å². The van der Waals surface area contributed by atoms with E-state index < -0.39 is 0 Å². The maximum atomic E-state index is 12.9. The first kappa shape index (κ1) is 21.0. The van der Waals surface area contributed by atoms with Crippen LogP contribution in [0.4, 0.5) is 9.18 Å². The van der Waals surface area contributed by atoms with Crippen molar-refractivity contribution in [1.82, 2.24) is 16.0 Å². The van der Waals surface area contributed by atoms with Gasteiger partial charge in [-0.3, -0.25) is 4.79 Å². The fourth-order valence-corrected chi connectivity index (χ4v) is 2.95. The van der Waals surface area contributed by atoms with Crippen molar-refractivity contribution >= 4 is 11.9 Å². The van der Waals surface area contributed by atoms with Crippen molar-refractivity contribution in [3.05, 3.63) is 106 Å². The summed E-state index contributed by atoms with van der Waals surface area (Å²) < 4.78 is 12.9. The van der Waals surface area contributed by atoms with Crippen molar-refractivity contribution < 1.29 is 14.0 Å². The first-order chi connectivity index (χ1) is 14.5. The molecule has 0 saturated carbocycles. The second-order valence-electron chi connectivity index (χ2n) is 7.03. The van der Waals surface area contributed by atoms with Crippen molar-refractivity contribution in [2.45, 2.75) is 26.6 Å². The summed E-state index contributed by atoms with van der Waals surface area (Å²) in [6, 6.07) is 20.8. The van der Waals surface area contributed by atoms with Crippen LogP contribution in [0.1, 0.15) is 32.6 Å². The summed E-state index contributed by atoms with van der Waals surface area (Å²) in [5, 5.41) is 8.44. The highest BCUT2D eigenvalue weighted by atomic mass is 19.1. The third-order valence-electron chi connectivity index (χ3n) is 4.54. The number of carbonyl (C=O) groups is 2. The van der Waals surface area contributed by atoms with E-state index in [1.54, 1.807) is 18.2 Å². The topological polar surface area (TPSA) is 70.2 Å². The third-order valence-corrected chi connectivity index (χ3v) is 4.54. The quantitative estimate of drug-likeness (QED) is 0.555. The number of aryl methyl sites for hydroxylation is 1. The summed E-state index contributed by atoms with van der Waals surface area (Å²) in [7, 11) is 0. The Bertz CT molecular complexity index is 1020. The molecular weight excluding hydrogens is 381 g/mol. The normalized spacial score (nSPS) is 10.3. The van der Waals surface area contributed by atoms with Crippen molar-refractivity contribution in [3.8, 4) is 0 Å². The molecule has 0 radical (unpaired) electrons. The van der Waals surface area contributed by atoms with Crippen LogP contribution < -0.4 is 16.0 Å². The smallest absolute Gasteiger partial charge is 0.315 e. The minimum Gasteiger partial charge on any atom is -0.348 e. The zero-order valence-electron chi connectivity index (χ0n) is 16.7. The number of urea groups is 1. The van der Waals surface area contributed by atoms with Crippen LogP contribution in [0.3, 0.4) is 0 Å². The molecule has 0 bridgehead atoms. The molecule has 0 fully saturated rings. The second kappa shape index (κ2) is 10.2. The Hall–Kier alpha value is -3.67. The lowest BCUT2D eigenvalue weighted by molar-refractivity contribution is 0.0950. The van der Waals surface area contributed by atoms with Crippen molar-refractivity contribution in [2.75, 3.05) is 0 Å². The first-order valence-corrected chi connectivity index (χ1v) is 9.68. The van der Waals surface area contributed by atoms with Gasteiger partial charge in [0.1, 0.15) is 5.82 Å². The maximum absolute atomic E-state index is 12.9. The molecule has 5 nitrogen and oxygen atoms in total.